The highest BCUT2D eigenvalue weighted by molar-refractivity contribution is 7.99. The van der Waals surface area contributed by atoms with E-state index in [4.69, 9.17) is 0 Å². The Balaban J connectivity index is 1.67. The fraction of sp³-hybridized carbons (Fsp3) is 0.724. The Morgan fingerprint density at radius 1 is 1.00 bits per heavy atom. The van der Waals surface area contributed by atoms with Crippen molar-refractivity contribution in [3.8, 4) is 0 Å². The number of amides is 2. The molecule has 2 aliphatic rings. The molecular formula is C29H47N3O3S. The molecule has 2 fully saturated rings. The highest BCUT2D eigenvalue weighted by Gasteiger charge is 2.40. The first-order chi connectivity index (χ1) is 16.8. The molecule has 1 heterocycles. The molecule has 36 heavy (non-hydrogen) atoms. The minimum atomic E-state index is -0.596. The summed E-state index contributed by atoms with van der Waals surface area (Å²) >= 11 is 1.51. The smallest absolute Gasteiger partial charge is 0.252 e. The van der Waals surface area contributed by atoms with Gasteiger partial charge >= 0.3 is 0 Å². The number of rotatable bonds is 7. The van der Waals surface area contributed by atoms with Crippen LogP contribution >= 0.6 is 11.8 Å². The Morgan fingerprint density at radius 2 is 1.64 bits per heavy atom. The summed E-state index contributed by atoms with van der Waals surface area (Å²) in [4.78, 5) is 29.2. The van der Waals surface area contributed by atoms with Crippen LogP contribution in [-0.2, 0) is 4.79 Å². The Labute approximate surface area is 222 Å². The van der Waals surface area contributed by atoms with Crippen molar-refractivity contribution < 1.29 is 14.7 Å². The summed E-state index contributed by atoms with van der Waals surface area (Å²) in [6, 6.07) is 7.36. The number of fused-ring (bicyclic) bond motifs is 1. The first-order valence-electron chi connectivity index (χ1n) is 13.6. The van der Waals surface area contributed by atoms with Gasteiger partial charge in [0.1, 0.15) is 0 Å². The number of piperidine rings is 1. The highest BCUT2D eigenvalue weighted by atomic mass is 32.2. The molecule has 1 aliphatic heterocycles. The van der Waals surface area contributed by atoms with Gasteiger partial charge in [-0.2, -0.15) is 0 Å². The van der Waals surface area contributed by atoms with E-state index in [0.29, 0.717) is 29.7 Å². The van der Waals surface area contributed by atoms with Crippen LogP contribution in [0.15, 0.2) is 29.2 Å². The normalized spacial score (nSPS) is 24.4. The standard InChI is InChI=1S/C29H47N3O3S/c1-28(2,3)30-26(34)23-14-10-11-15-25(23)36-19-22(33)18-32-17-21-13-9-7-8-12-20(21)16-24(32)27(35)31-29(4,5)6/h10-11,14-15,20-22,24,33H,7-9,12-13,16-19H2,1-6H3,(H,30,34)(H,31,35)/t20?,21-,22?,24+/m1/s1. The zero-order chi connectivity index (χ0) is 26.5. The van der Waals surface area contributed by atoms with Crippen molar-refractivity contribution in [3.05, 3.63) is 29.8 Å². The van der Waals surface area contributed by atoms with E-state index in [-0.39, 0.29) is 28.9 Å². The van der Waals surface area contributed by atoms with E-state index >= 15 is 0 Å². The average Bonchev–Trinajstić information content (AvgIpc) is 3.00. The molecule has 6 nitrogen and oxygen atoms in total. The third-order valence-corrected chi connectivity index (χ3v) is 8.27. The van der Waals surface area contributed by atoms with Crippen molar-refractivity contribution in [1.29, 1.82) is 0 Å². The Kier molecular flexibility index (Phi) is 9.92. The van der Waals surface area contributed by atoms with Crippen molar-refractivity contribution in [1.82, 2.24) is 15.5 Å². The molecule has 0 aromatic heterocycles. The molecule has 1 aromatic rings. The van der Waals surface area contributed by atoms with Gasteiger partial charge in [-0.3, -0.25) is 14.5 Å². The van der Waals surface area contributed by atoms with E-state index in [0.717, 1.165) is 17.9 Å². The van der Waals surface area contributed by atoms with Gasteiger partial charge in [-0.05, 0) is 78.4 Å². The summed E-state index contributed by atoms with van der Waals surface area (Å²) in [6.07, 6.45) is 6.52. The van der Waals surface area contributed by atoms with Crippen molar-refractivity contribution in [2.24, 2.45) is 11.8 Å². The van der Waals surface area contributed by atoms with Gasteiger partial charge in [-0.15, -0.1) is 11.8 Å². The molecule has 4 atom stereocenters. The van der Waals surface area contributed by atoms with E-state index in [9.17, 15) is 14.7 Å². The zero-order valence-corrected chi connectivity index (χ0v) is 23.9. The van der Waals surface area contributed by atoms with Gasteiger partial charge in [-0.25, -0.2) is 0 Å². The van der Waals surface area contributed by atoms with Crippen LogP contribution < -0.4 is 10.6 Å². The summed E-state index contributed by atoms with van der Waals surface area (Å²) in [5.41, 5.74) is 0.0297. The minimum Gasteiger partial charge on any atom is -0.391 e. The molecule has 1 saturated carbocycles. The Bertz CT molecular complexity index is 892. The predicted molar refractivity (Wildman–Crippen MR) is 148 cm³/mol. The average molecular weight is 518 g/mol. The molecule has 0 bridgehead atoms. The van der Waals surface area contributed by atoms with Gasteiger partial charge in [0, 0.05) is 34.8 Å². The van der Waals surface area contributed by atoms with Gasteiger partial charge < -0.3 is 15.7 Å². The van der Waals surface area contributed by atoms with Crippen molar-refractivity contribution >= 4 is 23.6 Å². The lowest BCUT2D eigenvalue weighted by atomic mass is 9.78. The fourth-order valence-corrected chi connectivity index (χ4v) is 6.47. The number of hydrogen-bond donors (Lipinski definition) is 3. The molecule has 2 unspecified atom stereocenters. The first-order valence-corrected chi connectivity index (χ1v) is 14.6. The Morgan fingerprint density at radius 3 is 2.31 bits per heavy atom. The third kappa shape index (κ3) is 8.77. The van der Waals surface area contributed by atoms with Gasteiger partial charge in [-0.1, -0.05) is 37.8 Å². The first kappa shape index (κ1) is 29.0. The van der Waals surface area contributed by atoms with Crippen molar-refractivity contribution in [2.75, 3.05) is 18.8 Å². The second-order valence-electron chi connectivity index (χ2n) is 12.8. The second kappa shape index (κ2) is 12.3. The van der Waals surface area contributed by atoms with E-state index in [2.05, 4.69) is 15.5 Å². The molecule has 2 amide bonds. The Hall–Kier alpha value is -1.57. The fourth-order valence-electron chi connectivity index (χ4n) is 5.50. The predicted octanol–water partition coefficient (Wildman–Crippen LogP) is 4.85. The SMILES string of the molecule is CC(C)(C)NC(=O)c1ccccc1SCC(O)CN1C[C@H]2CCCCCC2C[C@H]1C(=O)NC(C)(C)C. The number of carbonyl (C=O) groups excluding carboxylic acids is 2. The number of likely N-dealkylation sites (tertiary alicyclic amines) is 1. The van der Waals surface area contributed by atoms with E-state index in [1.165, 1.54) is 43.9 Å². The molecule has 1 saturated heterocycles. The van der Waals surface area contributed by atoms with E-state index in [1.54, 1.807) is 0 Å². The quantitative estimate of drug-likeness (QED) is 0.450. The maximum Gasteiger partial charge on any atom is 0.252 e. The van der Waals surface area contributed by atoms with Crippen LogP contribution in [0.4, 0.5) is 0 Å². The van der Waals surface area contributed by atoms with Crippen LogP contribution in [0, 0.1) is 11.8 Å². The van der Waals surface area contributed by atoms with Crippen LogP contribution in [0.25, 0.3) is 0 Å². The summed E-state index contributed by atoms with van der Waals surface area (Å²) < 4.78 is 0. The summed E-state index contributed by atoms with van der Waals surface area (Å²) in [7, 11) is 0. The van der Waals surface area contributed by atoms with Gasteiger partial charge in [0.15, 0.2) is 0 Å². The maximum absolute atomic E-state index is 13.3. The topological polar surface area (TPSA) is 81.7 Å². The van der Waals surface area contributed by atoms with Crippen LogP contribution in [0.3, 0.4) is 0 Å². The molecule has 0 radical (unpaired) electrons. The van der Waals surface area contributed by atoms with Crippen molar-refractivity contribution in [2.45, 2.75) is 108 Å². The van der Waals surface area contributed by atoms with Gasteiger partial charge in [0.2, 0.25) is 5.91 Å². The number of aliphatic hydroxyl groups excluding tert-OH is 1. The number of β-amino-alcohol motifs (C(OH)–C–C–N with tert-alkyl or cyclic N) is 1. The van der Waals surface area contributed by atoms with Crippen molar-refractivity contribution in [3.63, 3.8) is 0 Å². The third-order valence-electron chi connectivity index (χ3n) is 7.05. The second-order valence-corrected chi connectivity index (χ2v) is 13.8. The molecule has 202 valence electrons. The zero-order valence-electron chi connectivity index (χ0n) is 23.1. The molecule has 7 heteroatoms. The number of carbonyl (C=O) groups is 2. The van der Waals surface area contributed by atoms with Crippen LogP contribution in [-0.4, -0.2) is 63.9 Å². The van der Waals surface area contributed by atoms with Gasteiger partial charge in [0.25, 0.3) is 5.91 Å². The molecule has 0 spiro atoms. The summed E-state index contributed by atoms with van der Waals surface area (Å²) in [6.45, 7) is 13.3. The number of thioether (sulfide) groups is 1. The molecular weight excluding hydrogens is 470 g/mol. The number of aliphatic hydroxyl groups is 1. The maximum atomic E-state index is 13.3. The molecule has 3 rings (SSSR count). The number of hydrogen-bond acceptors (Lipinski definition) is 5. The monoisotopic (exact) mass is 517 g/mol. The van der Waals surface area contributed by atoms with Gasteiger partial charge in [0.05, 0.1) is 17.7 Å². The number of nitrogens with one attached hydrogen (secondary N) is 2. The molecule has 1 aromatic carbocycles. The lowest BCUT2D eigenvalue weighted by Crippen LogP contribution is -2.58. The highest BCUT2D eigenvalue weighted by Crippen LogP contribution is 2.38. The molecule has 3 N–H and O–H groups in total. The largest absolute Gasteiger partial charge is 0.391 e. The number of nitrogens with zero attached hydrogens (tertiary/aromatic N) is 1. The lowest BCUT2D eigenvalue weighted by Gasteiger charge is -2.44. The summed E-state index contributed by atoms with van der Waals surface area (Å²) in [5, 5.41) is 17.3. The van der Waals surface area contributed by atoms with E-state index < -0.39 is 6.10 Å². The molecule has 1 aliphatic carbocycles. The van der Waals surface area contributed by atoms with Crippen LogP contribution in [0.2, 0.25) is 0 Å². The lowest BCUT2D eigenvalue weighted by molar-refractivity contribution is -0.131. The minimum absolute atomic E-state index is 0.0780. The summed E-state index contributed by atoms with van der Waals surface area (Å²) in [5.74, 6) is 1.65. The van der Waals surface area contributed by atoms with Crippen LogP contribution in [0.5, 0.6) is 0 Å². The number of benzene rings is 1. The van der Waals surface area contributed by atoms with Crippen LogP contribution in [0.1, 0.15) is 90.4 Å². The van der Waals surface area contributed by atoms with E-state index in [1.807, 2.05) is 65.8 Å².